The summed E-state index contributed by atoms with van der Waals surface area (Å²) in [7, 11) is 0. The van der Waals surface area contributed by atoms with Gasteiger partial charge in [0.25, 0.3) is 5.56 Å². The summed E-state index contributed by atoms with van der Waals surface area (Å²) in [6.45, 7) is 4.49. The van der Waals surface area contributed by atoms with Crippen LogP contribution in [0.25, 0.3) is 0 Å². The molecule has 0 saturated heterocycles. The lowest BCUT2D eigenvalue weighted by molar-refractivity contribution is 0.239. The van der Waals surface area contributed by atoms with E-state index in [1.165, 1.54) is 24.0 Å². The van der Waals surface area contributed by atoms with Gasteiger partial charge in [-0.2, -0.15) is 0 Å². The second kappa shape index (κ2) is 6.34. The zero-order valence-electron chi connectivity index (χ0n) is 13.9. The first kappa shape index (κ1) is 15.9. The van der Waals surface area contributed by atoms with E-state index < -0.39 is 0 Å². The van der Waals surface area contributed by atoms with Gasteiger partial charge in [-0.1, -0.05) is 23.7 Å². The number of halogens is 1. The fourth-order valence-electron chi connectivity index (χ4n) is 3.46. The van der Waals surface area contributed by atoms with E-state index in [2.05, 4.69) is 22.9 Å². The van der Waals surface area contributed by atoms with Gasteiger partial charge in [0, 0.05) is 36.6 Å². The molecule has 2 heterocycles. The lowest BCUT2D eigenvalue weighted by Gasteiger charge is -2.28. The minimum atomic E-state index is 0.0595. The number of aromatic nitrogens is 2. The summed E-state index contributed by atoms with van der Waals surface area (Å²) in [4.78, 5) is 22.4. The van der Waals surface area contributed by atoms with Crippen LogP contribution in [-0.4, -0.2) is 21.4 Å². The van der Waals surface area contributed by atoms with E-state index in [1.54, 1.807) is 0 Å². The Morgan fingerprint density at radius 2 is 2.21 bits per heavy atom. The maximum Gasteiger partial charge on any atom is 0.254 e. The molecule has 1 N–H and O–H groups in total. The van der Waals surface area contributed by atoms with Crippen molar-refractivity contribution in [2.45, 2.75) is 45.7 Å². The highest BCUT2D eigenvalue weighted by Gasteiger charge is 2.25. The molecule has 1 aliphatic heterocycles. The molecule has 1 aromatic carbocycles. The summed E-state index contributed by atoms with van der Waals surface area (Å²) in [5, 5.41) is 0.814. The fourth-order valence-corrected chi connectivity index (χ4v) is 3.74. The molecule has 0 amide bonds. The maximum atomic E-state index is 12.3. The largest absolute Gasteiger partial charge is 0.310 e. The molecule has 1 aromatic heterocycles. The number of nitrogens with zero attached hydrogens (tertiary/aromatic N) is 2. The molecule has 4 rings (SSSR count). The Balaban J connectivity index is 1.56. The summed E-state index contributed by atoms with van der Waals surface area (Å²) in [6, 6.07) is 6.02. The first-order valence-corrected chi connectivity index (χ1v) is 9.05. The molecule has 2 aromatic rings. The van der Waals surface area contributed by atoms with Crippen LogP contribution in [-0.2, 0) is 25.9 Å². The second-order valence-corrected chi connectivity index (χ2v) is 7.49. The number of fused-ring (bicyclic) bond motifs is 1. The van der Waals surface area contributed by atoms with E-state index >= 15 is 0 Å². The Morgan fingerprint density at radius 1 is 1.38 bits per heavy atom. The molecule has 126 valence electrons. The van der Waals surface area contributed by atoms with Gasteiger partial charge >= 0.3 is 0 Å². The average molecular weight is 344 g/mol. The summed E-state index contributed by atoms with van der Waals surface area (Å²) in [5.74, 6) is 1.58. The Labute approximate surface area is 146 Å². The SMILES string of the molecule is Cc1cccc(Cl)c1CN1CCc2c(nc(CC3CC3)[nH]c2=O)C1. The number of hydrogen-bond acceptors (Lipinski definition) is 3. The molecular formula is C19H22ClN3O. The average Bonchev–Trinajstić information content (AvgIpc) is 3.35. The zero-order chi connectivity index (χ0) is 16.7. The van der Waals surface area contributed by atoms with Crippen molar-refractivity contribution in [3.05, 3.63) is 61.8 Å². The summed E-state index contributed by atoms with van der Waals surface area (Å²) < 4.78 is 0. The zero-order valence-corrected chi connectivity index (χ0v) is 14.7. The standard InChI is InChI=1S/C19H22ClN3O/c1-12-3-2-4-16(20)15(12)10-23-8-7-14-17(11-23)21-18(22-19(14)24)9-13-5-6-13/h2-4,13H,5-11H2,1H3,(H,21,22,24). The molecule has 1 fully saturated rings. The van der Waals surface area contributed by atoms with Gasteiger partial charge in [-0.25, -0.2) is 4.98 Å². The van der Waals surface area contributed by atoms with Crippen LogP contribution in [0.4, 0.5) is 0 Å². The first-order chi connectivity index (χ1) is 11.6. The second-order valence-electron chi connectivity index (χ2n) is 7.08. The van der Waals surface area contributed by atoms with Crippen LogP contribution in [0.3, 0.4) is 0 Å². The molecule has 0 bridgehead atoms. The van der Waals surface area contributed by atoms with Gasteiger partial charge in [0.1, 0.15) is 5.82 Å². The molecule has 1 saturated carbocycles. The molecule has 0 atom stereocenters. The van der Waals surface area contributed by atoms with Crippen molar-refractivity contribution in [2.24, 2.45) is 5.92 Å². The van der Waals surface area contributed by atoms with E-state index in [-0.39, 0.29) is 5.56 Å². The lowest BCUT2D eigenvalue weighted by Crippen LogP contribution is -2.35. The molecule has 0 unspecified atom stereocenters. The summed E-state index contributed by atoms with van der Waals surface area (Å²) in [6.07, 6.45) is 4.19. The fraction of sp³-hybridized carbons (Fsp3) is 0.474. The minimum absolute atomic E-state index is 0.0595. The Bertz CT molecular complexity index is 806. The quantitative estimate of drug-likeness (QED) is 0.927. The predicted molar refractivity (Wildman–Crippen MR) is 95.3 cm³/mol. The highest BCUT2D eigenvalue weighted by atomic mass is 35.5. The van der Waals surface area contributed by atoms with E-state index in [0.717, 1.165) is 60.5 Å². The van der Waals surface area contributed by atoms with E-state index in [4.69, 9.17) is 16.6 Å². The first-order valence-electron chi connectivity index (χ1n) is 8.67. The molecular weight excluding hydrogens is 322 g/mol. The smallest absolute Gasteiger partial charge is 0.254 e. The molecule has 1 aliphatic carbocycles. The van der Waals surface area contributed by atoms with Gasteiger partial charge in [0.05, 0.1) is 5.69 Å². The maximum absolute atomic E-state index is 12.3. The minimum Gasteiger partial charge on any atom is -0.310 e. The lowest BCUT2D eigenvalue weighted by atomic mass is 10.0. The van der Waals surface area contributed by atoms with Crippen molar-refractivity contribution in [3.8, 4) is 0 Å². The van der Waals surface area contributed by atoms with E-state index in [9.17, 15) is 4.79 Å². The Morgan fingerprint density at radius 3 is 2.96 bits per heavy atom. The molecule has 2 aliphatic rings. The van der Waals surface area contributed by atoms with Crippen molar-refractivity contribution in [1.29, 1.82) is 0 Å². The van der Waals surface area contributed by atoms with E-state index in [1.807, 2.05) is 12.1 Å². The third-order valence-corrected chi connectivity index (χ3v) is 5.47. The van der Waals surface area contributed by atoms with Crippen molar-refractivity contribution in [2.75, 3.05) is 6.54 Å². The van der Waals surface area contributed by atoms with Crippen LogP contribution in [0.5, 0.6) is 0 Å². The van der Waals surface area contributed by atoms with Crippen LogP contribution in [0.1, 0.15) is 41.1 Å². The Hall–Kier alpha value is -1.65. The molecule has 5 heteroatoms. The third-order valence-electron chi connectivity index (χ3n) is 5.12. The monoisotopic (exact) mass is 343 g/mol. The highest BCUT2D eigenvalue weighted by molar-refractivity contribution is 6.31. The van der Waals surface area contributed by atoms with Crippen molar-refractivity contribution in [3.63, 3.8) is 0 Å². The number of H-pyrrole nitrogens is 1. The van der Waals surface area contributed by atoms with Crippen LogP contribution in [0.15, 0.2) is 23.0 Å². The van der Waals surface area contributed by atoms with Crippen molar-refractivity contribution < 1.29 is 0 Å². The topological polar surface area (TPSA) is 49.0 Å². The van der Waals surface area contributed by atoms with Gasteiger partial charge in [-0.05, 0) is 49.3 Å². The van der Waals surface area contributed by atoms with E-state index in [0.29, 0.717) is 0 Å². The summed E-state index contributed by atoms with van der Waals surface area (Å²) >= 11 is 6.37. The normalized spacial score (nSPS) is 17.8. The molecule has 4 nitrogen and oxygen atoms in total. The number of hydrogen-bond donors (Lipinski definition) is 1. The molecule has 0 spiro atoms. The van der Waals surface area contributed by atoms with Gasteiger partial charge < -0.3 is 4.98 Å². The van der Waals surface area contributed by atoms with Crippen molar-refractivity contribution in [1.82, 2.24) is 14.9 Å². The predicted octanol–water partition coefficient (Wildman–Crippen LogP) is 3.24. The van der Waals surface area contributed by atoms with Crippen molar-refractivity contribution >= 4 is 11.6 Å². The number of benzene rings is 1. The summed E-state index contributed by atoms with van der Waals surface area (Å²) in [5.41, 5.74) is 4.25. The number of rotatable bonds is 4. The van der Waals surface area contributed by atoms with Gasteiger partial charge in [-0.3, -0.25) is 9.69 Å². The molecule has 24 heavy (non-hydrogen) atoms. The van der Waals surface area contributed by atoms with Crippen LogP contribution < -0.4 is 5.56 Å². The van der Waals surface area contributed by atoms with Crippen LogP contribution in [0, 0.1) is 12.8 Å². The van der Waals surface area contributed by atoms with Gasteiger partial charge in [0.15, 0.2) is 0 Å². The van der Waals surface area contributed by atoms with Gasteiger partial charge in [-0.15, -0.1) is 0 Å². The number of aryl methyl sites for hydroxylation is 1. The van der Waals surface area contributed by atoms with Crippen LogP contribution in [0.2, 0.25) is 5.02 Å². The number of nitrogens with one attached hydrogen (secondary N) is 1. The van der Waals surface area contributed by atoms with Crippen LogP contribution >= 0.6 is 11.6 Å². The molecule has 0 radical (unpaired) electrons. The van der Waals surface area contributed by atoms with Gasteiger partial charge in [0.2, 0.25) is 0 Å². The highest BCUT2D eigenvalue weighted by Crippen LogP contribution is 2.31. The number of aromatic amines is 1. The third kappa shape index (κ3) is 3.26. The Kier molecular flexibility index (Phi) is 4.19.